The van der Waals surface area contributed by atoms with E-state index >= 15 is 0 Å². The van der Waals surface area contributed by atoms with Gasteiger partial charge in [-0.1, -0.05) is 6.92 Å². The number of hydrogen-bond donors (Lipinski definition) is 1. The Balaban J connectivity index is 2.49. The highest BCUT2D eigenvalue weighted by molar-refractivity contribution is 7.12. The smallest absolute Gasteiger partial charge is 0.0623 e. The summed E-state index contributed by atoms with van der Waals surface area (Å²) in [6, 6.07) is 4.50. The van der Waals surface area contributed by atoms with Gasteiger partial charge in [-0.15, -0.1) is 11.3 Å². The maximum Gasteiger partial charge on any atom is 0.0623 e. The molecule has 16 heavy (non-hydrogen) atoms. The highest BCUT2D eigenvalue weighted by atomic mass is 32.1. The monoisotopic (exact) mass is 241 g/mol. The van der Waals surface area contributed by atoms with E-state index < -0.39 is 0 Å². The molecule has 0 saturated carbocycles. The fraction of sp³-hybridized carbons (Fsp3) is 0.692. The minimum Gasteiger partial charge on any atom is -0.379 e. The molecule has 0 aliphatic heterocycles. The summed E-state index contributed by atoms with van der Waals surface area (Å²) in [5.74, 6) is 0. The van der Waals surface area contributed by atoms with Gasteiger partial charge in [0, 0.05) is 22.9 Å². The van der Waals surface area contributed by atoms with E-state index in [9.17, 15) is 0 Å². The summed E-state index contributed by atoms with van der Waals surface area (Å²) in [6.07, 6.45) is 3.06. The lowest BCUT2D eigenvalue weighted by molar-refractivity contribution is 0.0125. The van der Waals surface area contributed by atoms with Crippen molar-refractivity contribution in [3.05, 3.63) is 21.9 Å². The Labute approximate surface area is 103 Å². The minimum absolute atomic E-state index is 0.0670. The lowest BCUT2D eigenvalue weighted by atomic mass is 9.98. The Bertz CT molecular complexity index is 319. The van der Waals surface area contributed by atoms with Crippen LogP contribution in [0.2, 0.25) is 0 Å². The molecule has 0 radical (unpaired) electrons. The SMILES string of the molecule is CCc1ccc(C(N)CCC(C)(C)OC)s1. The van der Waals surface area contributed by atoms with Crippen LogP contribution in [0.3, 0.4) is 0 Å². The van der Waals surface area contributed by atoms with Crippen LogP contribution in [0.1, 0.15) is 49.4 Å². The van der Waals surface area contributed by atoms with E-state index in [0.717, 1.165) is 19.3 Å². The van der Waals surface area contributed by atoms with E-state index in [0.29, 0.717) is 0 Å². The molecule has 1 aromatic heterocycles. The molecular weight excluding hydrogens is 218 g/mol. The second kappa shape index (κ2) is 5.80. The van der Waals surface area contributed by atoms with Crippen molar-refractivity contribution in [3.8, 4) is 0 Å². The third kappa shape index (κ3) is 3.89. The minimum atomic E-state index is -0.0670. The van der Waals surface area contributed by atoms with Gasteiger partial charge in [-0.3, -0.25) is 0 Å². The van der Waals surface area contributed by atoms with Crippen LogP contribution in [-0.4, -0.2) is 12.7 Å². The van der Waals surface area contributed by atoms with Gasteiger partial charge >= 0.3 is 0 Å². The average Bonchev–Trinajstić information content (AvgIpc) is 2.74. The van der Waals surface area contributed by atoms with Crippen molar-refractivity contribution in [1.82, 2.24) is 0 Å². The Hall–Kier alpha value is -0.380. The van der Waals surface area contributed by atoms with E-state index in [1.807, 2.05) is 11.3 Å². The predicted octanol–water partition coefficient (Wildman–Crippen LogP) is 3.52. The van der Waals surface area contributed by atoms with Gasteiger partial charge in [0.15, 0.2) is 0 Å². The molecule has 0 spiro atoms. The lowest BCUT2D eigenvalue weighted by Gasteiger charge is -2.24. The Morgan fingerprint density at radius 2 is 2.12 bits per heavy atom. The average molecular weight is 241 g/mol. The van der Waals surface area contributed by atoms with E-state index in [1.165, 1.54) is 9.75 Å². The molecule has 0 fully saturated rings. The molecule has 1 unspecified atom stereocenters. The van der Waals surface area contributed by atoms with Crippen molar-refractivity contribution >= 4 is 11.3 Å². The maximum absolute atomic E-state index is 6.18. The van der Waals surface area contributed by atoms with Gasteiger partial charge in [0.2, 0.25) is 0 Å². The van der Waals surface area contributed by atoms with Gasteiger partial charge in [0.25, 0.3) is 0 Å². The van der Waals surface area contributed by atoms with E-state index in [4.69, 9.17) is 10.5 Å². The standard InChI is InChI=1S/C13H23NOS/c1-5-10-6-7-12(16-10)11(14)8-9-13(2,3)15-4/h6-7,11H,5,8-9,14H2,1-4H3. The van der Waals surface area contributed by atoms with Crippen molar-refractivity contribution in [2.75, 3.05) is 7.11 Å². The first kappa shape index (κ1) is 13.7. The molecule has 1 heterocycles. The largest absolute Gasteiger partial charge is 0.379 e. The van der Waals surface area contributed by atoms with Gasteiger partial charge in [-0.2, -0.15) is 0 Å². The zero-order valence-electron chi connectivity index (χ0n) is 10.7. The molecule has 0 aromatic carbocycles. The number of methoxy groups -OCH3 is 1. The first-order valence-electron chi connectivity index (χ1n) is 5.88. The van der Waals surface area contributed by atoms with Gasteiger partial charge in [0.05, 0.1) is 5.60 Å². The fourth-order valence-electron chi connectivity index (χ4n) is 1.53. The maximum atomic E-state index is 6.18. The molecule has 0 bridgehead atoms. The Kier molecular flexibility index (Phi) is 4.96. The predicted molar refractivity (Wildman–Crippen MR) is 70.9 cm³/mol. The van der Waals surface area contributed by atoms with Crippen LogP contribution in [-0.2, 0) is 11.2 Å². The van der Waals surface area contributed by atoms with E-state index in [2.05, 4.69) is 32.9 Å². The van der Waals surface area contributed by atoms with E-state index in [-0.39, 0.29) is 11.6 Å². The molecule has 2 nitrogen and oxygen atoms in total. The number of rotatable bonds is 6. The Morgan fingerprint density at radius 3 is 2.62 bits per heavy atom. The van der Waals surface area contributed by atoms with Gasteiger partial charge < -0.3 is 10.5 Å². The van der Waals surface area contributed by atoms with Crippen LogP contribution < -0.4 is 5.73 Å². The normalized spacial score (nSPS) is 14.1. The van der Waals surface area contributed by atoms with Crippen LogP contribution in [0.25, 0.3) is 0 Å². The second-order valence-electron chi connectivity index (χ2n) is 4.77. The first-order chi connectivity index (χ1) is 7.48. The molecule has 0 amide bonds. The van der Waals surface area contributed by atoms with Crippen molar-refractivity contribution < 1.29 is 4.74 Å². The zero-order valence-corrected chi connectivity index (χ0v) is 11.6. The van der Waals surface area contributed by atoms with Crippen LogP contribution in [0.15, 0.2) is 12.1 Å². The molecule has 0 saturated heterocycles. The van der Waals surface area contributed by atoms with Crippen LogP contribution in [0.4, 0.5) is 0 Å². The summed E-state index contributed by atoms with van der Waals surface area (Å²) in [6.45, 7) is 6.38. The topological polar surface area (TPSA) is 35.2 Å². The number of hydrogen-bond acceptors (Lipinski definition) is 3. The Morgan fingerprint density at radius 1 is 1.44 bits per heavy atom. The van der Waals surface area contributed by atoms with Gasteiger partial charge in [0.1, 0.15) is 0 Å². The highest BCUT2D eigenvalue weighted by Crippen LogP contribution is 2.27. The summed E-state index contributed by atoms with van der Waals surface area (Å²) in [5, 5.41) is 0. The molecule has 1 aromatic rings. The first-order valence-corrected chi connectivity index (χ1v) is 6.69. The summed E-state index contributed by atoms with van der Waals surface area (Å²) in [7, 11) is 1.76. The number of ether oxygens (including phenoxy) is 1. The van der Waals surface area contributed by atoms with Crippen molar-refractivity contribution in [2.45, 2.75) is 51.7 Å². The third-order valence-corrected chi connectivity index (χ3v) is 4.37. The van der Waals surface area contributed by atoms with Gasteiger partial charge in [-0.25, -0.2) is 0 Å². The zero-order chi connectivity index (χ0) is 12.2. The number of nitrogens with two attached hydrogens (primary N) is 1. The lowest BCUT2D eigenvalue weighted by Crippen LogP contribution is -2.24. The van der Waals surface area contributed by atoms with Crippen molar-refractivity contribution in [2.24, 2.45) is 5.73 Å². The second-order valence-corrected chi connectivity index (χ2v) is 5.97. The molecule has 1 rings (SSSR count). The third-order valence-electron chi connectivity index (χ3n) is 3.01. The molecule has 2 N–H and O–H groups in total. The fourth-order valence-corrected chi connectivity index (χ4v) is 2.52. The summed E-state index contributed by atoms with van der Waals surface area (Å²) in [4.78, 5) is 2.71. The summed E-state index contributed by atoms with van der Waals surface area (Å²) in [5.41, 5.74) is 6.11. The van der Waals surface area contributed by atoms with Crippen LogP contribution in [0.5, 0.6) is 0 Å². The van der Waals surface area contributed by atoms with Crippen molar-refractivity contribution in [1.29, 1.82) is 0 Å². The molecule has 1 atom stereocenters. The molecular formula is C13H23NOS. The summed E-state index contributed by atoms with van der Waals surface area (Å²) >= 11 is 1.83. The quantitative estimate of drug-likeness (QED) is 0.827. The molecule has 3 heteroatoms. The molecule has 0 aliphatic rings. The van der Waals surface area contributed by atoms with Gasteiger partial charge in [-0.05, 0) is 45.2 Å². The number of thiophene rings is 1. The molecule has 0 aliphatic carbocycles. The van der Waals surface area contributed by atoms with Crippen LogP contribution in [0, 0.1) is 0 Å². The number of aryl methyl sites for hydroxylation is 1. The summed E-state index contributed by atoms with van der Waals surface area (Å²) < 4.78 is 5.40. The highest BCUT2D eigenvalue weighted by Gasteiger charge is 2.19. The van der Waals surface area contributed by atoms with Crippen molar-refractivity contribution in [3.63, 3.8) is 0 Å². The van der Waals surface area contributed by atoms with Crippen LogP contribution >= 0.6 is 11.3 Å². The van der Waals surface area contributed by atoms with E-state index in [1.54, 1.807) is 7.11 Å². The molecule has 92 valence electrons.